The van der Waals surface area contributed by atoms with Crippen LogP contribution in [0.25, 0.3) is 10.8 Å². The van der Waals surface area contributed by atoms with Gasteiger partial charge in [0.15, 0.2) is 0 Å². The lowest BCUT2D eigenvalue weighted by atomic mass is 9.77. The number of piperidine rings is 1. The molecule has 0 aromatic heterocycles. The van der Waals surface area contributed by atoms with Gasteiger partial charge < -0.3 is 5.32 Å². The first-order chi connectivity index (χ1) is 15.6. The van der Waals surface area contributed by atoms with Gasteiger partial charge in [-0.2, -0.15) is 4.31 Å². The Morgan fingerprint density at radius 1 is 0.875 bits per heavy atom. The Balaban J connectivity index is 1.37. The van der Waals surface area contributed by atoms with Gasteiger partial charge in [0.2, 0.25) is 10.0 Å². The number of benzene rings is 3. The quantitative estimate of drug-likeness (QED) is 0.516. The maximum atomic E-state index is 13.3. The zero-order chi connectivity index (χ0) is 21.7. The van der Waals surface area contributed by atoms with E-state index in [9.17, 15) is 8.42 Å². The Labute approximate surface area is 190 Å². The average Bonchev–Trinajstić information content (AvgIpc) is 3.34. The molecule has 0 saturated carbocycles. The smallest absolute Gasteiger partial charge is 0.243 e. The van der Waals surface area contributed by atoms with Crippen LogP contribution in [0.3, 0.4) is 0 Å². The van der Waals surface area contributed by atoms with Crippen molar-refractivity contribution in [3.8, 4) is 0 Å². The minimum atomic E-state index is -3.43. The monoisotopic (exact) mass is 444 g/mol. The molecular weight excluding hydrogens is 416 g/mol. The predicted molar refractivity (Wildman–Crippen MR) is 129 cm³/mol. The summed E-state index contributed by atoms with van der Waals surface area (Å²) in [4.78, 5) is 0.433. The standard InChI is InChI=1S/C27H28N2O2S/c30-32(31,29-15-4-1-5-16-29)22-13-14-26-25(18-22)23-9-6-10-24(23)27(28-26)21-12-11-19-7-2-3-8-20(19)17-21/h2-3,6-9,11-14,17-18,23-24,27-28H,1,4-5,10,15-16H2. The van der Waals surface area contributed by atoms with Crippen LogP contribution in [0.2, 0.25) is 0 Å². The first kappa shape index (κ1) is 20.0. The molecule has 164 valence electrons. The Morgan fingerprint density at radius 2 is 1.69 bits per heavy atom. The van der Waals surface area contributed by atoms with Crippen LogP contribution in [-0.4, -0.2) is 25.8 Å². The maximum absolute atomic E-state index is 13.3. The summed E-state index contributed by atoms with van der Waals surface area (Å²) < 4.78 is 28.2. The molecule has 1 aliphatic carbocycles. The van der Waals surface area contributed by atoms with E-state index in [4.69, 9.17) is 0 Å². The average molecular weight is 445 g/mol. The van der Waals surface area contributed by atoms with E-state index in [2.05, 4.69) is 59.9 Å². The van der Waals surface area contributed by atoms with Crippen molar-refractivity contribution >= 4 is 26.5 Å². The van der Waals surface area contributed by atoms with E-state index in [1.54, 1.807) is 10.4 Å². The predicted octanol–water partition coefficient (Wildman–Crippen LogP) is 5.84. The van der Waals surface area contributed by atoms with E-state index in [1.165, 1.54) is 16.3 Å². The maximum Gasteiger partial charge on any atom is 0.243 e. The minimum Gasteiger partial charge on any atom is -0.378 e. The summed E-state index contributed by atoms with van der Waals surface area (Å²) in [5, 5.41) is 6.26. The highest BCUT2D eigenvalue weighted by Gasteiger charge is 2.39. The van der Waals surface area contributed by atoms with Crippen molar-refractivity contribution in [1.82, 2.24) is 4.31 Å². The van der Waals surface area contributed by atoms with Crippen LogP contribution in [0, 0.1) is 5.92 Å². The molecule has 1 N–H and O–H groups in total. The number of nitrogens with one attached hydrogen (secondary N) is 1. The van der Waals surface area contributed by atoms with E-state index in [0.29, 0.717) is 23.9 Å². The first-order valence-corrected chi connectivity index (χ1v) is 13.1. The van der Waals surface area contributed by atoms with Crippen LogP contribution < -0.4 is 5.32 Å². The summed E-state index contributed by atoms with van der Waals surface area (Å²) in [5.41, 5.74) is 3.45. The normalized spacial score (nSPS) is 25.3. The summed E-state index contributed by atoms with van der Waals surface area (Å²) in [7, 11) is -3.43. The van der Waals surface area contributed by atoms with Gasteiger partial charge in [0, 0.05) is 24.7 Å². The third-order valence-corrected chi connectivity index (χ3v) is 9.31. The molecule has 2 heterocycles. The van der Waals surface area contributed by atoms with E-state index < -0.39 is 10.0 Å². The van der Waals surface area contributed by atoms with Gasteiger partial charge in [0.25, 0.3) is 0 Å². The van der Waals surface area contributed by atoms with Gasteiger partial charge in [-0.3, -0.25) is 0 Å². The van der Waals surface area contributed by atoms with E-state index in [-0.39, 0.29) is 12.0 Å². The molecule has 6 rings (SSSR count). The molecule has 0 radical (unpaired) electrons. The highest BCUT2D eigenvalue weighted by molar-refractivity contribution is 7.89. The Morgan fingerprint density at radius 3 is 2.53 bits per heavy atom. The second-order valence-corrected chi connectivity index (χ2v) is 11.2. The Hall–Kier alpha value is -2.63. The van der Waals surface area contributed by atoms with Gasteiger partial charge in [-0.1, -0.05) is 55.0 Å². The zero-order valence-electron chi connectivity index (χ0n) is 18.1. The van der Waals surface area contributed by atoms with Crippen molar-refractivity contribution < 1.29 is 8.42 Å². The molecular formula is C27H28N2O2S. The number of hydrogen-bond acceptors (Lipinski definition) is 3. The number of anilines is 1. The van der Waals surface area contributed by atoms with Crippen molar-refractivity contribution in [2.24, 2.45) is 5.92 Å². The van der Waals surface area contributed by atoms with E-state index in [0.717, 1.165) is 36.9 Å². The number of rotatable bonds is 3. The summed E-state index contributed by atoms with van der Waals surface area (Å²) in [6.07, 6.45) is 8.55. The van der Waals surface area contributed by atoms with Crippen LogP contribution >= 0.6 is 0 Å². The molecule has 0 spiro atoms. The van der Waals surface area contributed by atoms with Crippen LogP contribution in [-0.2, 0) is 10.0 Å². The Kier molecular flexibility index (Phi) is 4.85. The lowest BCUT2D eigenvalue weighted by Gasteiger charge is -2.38. The van der Waals surface area contributed by atoms with Gasteiger partial charge in [-0.25, -0.2) is 8.42 Å². The molecule has 3 unspecified atom stereocenters. The van der Waals surface area contributed by atoms with Crippen molar-refractivity contribution in [3.63, 3.8) is 0 Å². The van der Waals surface area contributed by atoms with Gasteiger partial charge >= 0.3 is 0 Å². The number of nitrogens with zero attached hydrogens (tertiary/aromatic N) is 1. The highest BCUT2D eigenvalue weighted by Crippen LogP contribution is 2.50. The number of allylic oxidation sites excluding steroid dienone is 2. The van der Waals surface area contributed by atoms with Crippen LogP contribution in [0.15, 0.2) is 77.7 Å². The van der Waals surface area contributed by atoms with Crippen LogP contribution in [0.4, 0.5) is 5.69 Å². The fourth-order valence-electron chi connectivity index (χ4n) is 5.72. The third kappa shape index (κ3) is 3.26. The van der Waals surface area contributed by atoms with Gasteiger partial charge in [0.1, 0.15) is 0 Å². The number of hydrogen-bond donors (Lipinski definition) is 1. The molecule has 0 amide bonds. The Bertz CT molecular complexity index is 1310. The molecule has 1 saturated heterocycles. The molecule has 2 aliphatic heterocycles. The van der Waals surface area contributed by atoms with Gasteiger partial charge in [-0.15, -0.1) is 0 Å². The fourth-order valence-corrected chi connectivity index (χ4v) is 7.27. The first-order valence-electron chi connectivity index (χ1n) is 11.7. The highest BCUT2D eigenvalue weighted by atomic mass is 32.2. The molecule has 3 aromatic rings. The molecule has 4 nitrogen and oxygen atoms in total. The second kappa shape index (κ2) is 7.75. The van der Waals surface area contributed by atoms with Gasteiger partial charge in [0.05, 0.1) is 10.9 Å². The lowest BCUT2D eigenvalue weighted by Crippen LogP contribution is -2.36. The summed E-state index contributed by atoms with van der Waals surface area (Å²) >= 11 is 0. The molecule has 3 atom stereocenters. The zero-order valence-corrected chi connectivity index (χ0v) is 18.9. The minimum absolute atomic E-state index is 0.205. The molecule has 5 heteroatoms. The van der Waals surface area contributed by atoms with E-state index >= 15 is 0 Å². The van der Waals surface area contributed by atoms with Crippen LogP contribution in [0.1, 0.15) is 48.8 Å². The third-order valence-electron chi connectivity index (χ3n) is 7.42. The lowest BCUT2D eigenvalue weighted by molar-refractivity contribution is 0.346. The van der Waals surface area contributed by atoms with Crippen molar-refractivity contribution in [1.29, 1.82) is 0 Å². The number of sulfonamides is 1. The molecule has 0 bridgehead atoms. The number of fused-ring (bicyclic) bond motifs is 4. The van der Waals surface area contributed by atoms with Crippen LogP contribution in [0.5, 0.6) is 0 Å². The fraction of sp³-hybridized carbons (Fsp3) is 0.333. The van der Waals surface area contributed by atoms with Crippen molar-refractivity contribution in [2.75, 3.05) is 18.4 Å². The summed E-state index contributed by atoms with van der Waals surface area (Å²) in [6, 6.07) is 21.1. The second-order valence-electron chi connectivity index (χ2n) is 9.30. The van der Waals surface area contributed by atoms with Crippen molar-refractivity contribution in [2.45, 2.75) is 42.5 Å². The molecule has 1 fully saturated rings. The van der Waals surface area contributed by atoms with Gasteiger partial charge in [-0.05, 0) is 71.3 Å². The van der Waals surface area contributed by atoms with E-state index in [1.807, 2.05) is 12.1 Å². The SMILES string of the molecule is O=S(=O)(c1ccc2c(c1)C1C=CCC1C(c1ccc3ccccc3c1)N2)N1CCCCC1. The summed E-state index contributed by atoms with van der Waals surface area (Å²) in [5.74, 6) is 0.621. The summed E-state index contributed by atoms with van der Waals surface area (Å²) in [6.45, 7) is 1.27. The molecule has 3 aromatic carbocycles. The largest absolute Gasteiger partial charge is 0.378 e. The molecule has 32 heavy (non-hydrogen) atoms. The van der Waals surface area contributed by atoms with Crippen molar-refractivity contribution in [3.05, 3.63) is 83.9 Å². The molecule has 3 aliphatic rings. The topological polar surface area (TPSA) is 49.4 Å².